The smallest absolute Gasteiger partial charge is 0.308 e. The van der Waals surface area contributed by atoms with E-state index in [1.807, 2.05) is 13.0 Å². The molecule has 0 amide bonds. The van der Waals surface area contributed by atoms with Gasteiger partial charge in [0.05, 0.1) is 25.7 Å². The van der Waals surface area contributed by atoms with Crippen LogP contribution >= 0.6 is 0 Å². The Morgan fingerprint density at radius 1 is 1.35 bits per heavy atom. The lowest BCUT2D eigenvalue weighted by molar-refractivity contribution is -0.145. The van der Waals surface area contributed by atoms with E-state index in [-0.39, 0.29) is 6.42 Å². The quantitative estimate of drug-likeness (QED) is 0.771. The minimum atomic E-state index is -0.852. The van der Waals surface area contributed by atoms with Crippen molar-refractivity contribution in [3.05, 3.63) is 29.8 Å². The van der Waals surface area contributed by atoms with Gasteiger partial charge in [-0.25, -0.2) is 0 Å². The maximum atomic E-state index is 11.2. The van der Waals surface area contributed by atoms with Crippen molar-refractivity contribution < 1.29 is 19.4 Å². The van der Waals surface area contributed by atoms with E-state index >= 15 is 0 Å². The Labute approximate surface area is 101 Å². The van der Waals surface area contributed by atoms with Crippen LogP contribution < -0.4 is 4.74 Å². The highest BCUT2D eigenvalue weighted by atomic mass is 16.5. The number of esters is 1. The minimum Gasteiger partial charge on any atom is -0.494 e. The predicted molar refractivity (Wildman–Crippen MR) is 63.8 cm³/mol. The van der Waals surface area contributed by atoms with Crippen LogP contribution in [0.1, 0.15) is 31.9 Å². The third kappa shape index (κ3) is 4.44. The van der Waals surface area contributed by atoms with Gasteiger partial charge < -0.3 is 14.6 Å². The van der Waals surface area contributed by atoms with Gasteiger partial charge in [-0.2, -0.15) is 0 Å². The summed E-state index contributed by atoms with van der Waals surface area (Å²) in [5.74, 6) is 0.287. The number of hydrogen-bond acceptors (Lipinski definition) is 4. The lowest BCUT2D eigenvalue weighted by Crippen LogP contribution is -2.10. The summed E-state index contributed by atoms with van der Waals surface area (Å²) >= 11 is 0. The Kier molecular flexibility index (Phi) is 5.49. The monoisotopic (exact) mass is 238 g/mol. The van der Waals surface area contributed by atoms with Gasteiger partial charge in [-0.1, -0.05) is 12.1 Å². The van der Waals surface area contributed by atoms with E-state index in [1.165, 1.54) is 0 Å². The number of ether oxygens (including phenoxy) is 2. The third-order valence-electron chi connectivity index (χ3n) is 2.22. The first kappa shape index (κ1) is 13.5. The van der Waals surface area contributed by atoms with Gasteiger partial charge in [-0.15, -0.1) is 0 Å². The Morgan fingerprint density at radius 3 is 2.76 bits per heavy atom. The van der Waals surface area contributed by atoms with Crippen LogP contribution in [0.3, 0.4) is 0 Å². The molecule has 0 aliphatic heterocycles. The average Bonchev–Trinajstić information content (AvgIpc) is 2.30. The lowest BCUT2D eigenvalue weighted by atomic mass is 10.1. The number of benzene rings is 1. The van der Waals surface area contributed by atoms with Gasteiger partial charge >= 0.3 is 5.97 Å². The van der Waals surface area contributed by atoms with Crippen molar-refractivity contribution in [3.8, 4) is 5.75 Å². The summed E-state index contributed by atoms with van der Waals surface area (Å²) in [5, 5.41) is 9.85. The highest BCUT2D eigenvalue weighted by Gasteiger charge is 2.14. The normalized spacial score (nSPS) is 11.9. The molecule has 0 fully saturated rings. The third-order valence-corrected chi connectivity index (χ3v) is 2.22. The molecule has 0 aromatic heterocycles. The van der Waals surface area contributed by atoms with Gasteiger partial charge in [0, 0.05) is 0 Å². The van der Waals surface area contributed by atoms with Crippen molar-refractivity contribution in [1.82, 2.24) is 0 Å². The van der Waals surface area contributed by atoms with Crippen molar-refractivity contribution in [2.75, 3.05) is 13.2 Å². The topological polar surface area (TPSA) is 55.8 Å². The summed E-state index contributed by atoms with van der Waals surface area (Å²) in [6, 6.07) is 7.08. The molecule has 1 aromatic rings. The molecule has 17 heavy (non-hydrogen) atoms. The van der Waals surface area contributed by atoms with Gasteiger partial charge in [-0.3, -0.25) is 4.79 Å². The Balaban J connectivity index is 2.64. The van der Waals surface area contributed by atoms with Crippen molar-refractivity contribution in [1.29, 1.82) is 0 Å². The molecule has 0 saturated heterocycles. The maximum Gasteiger partial charge on any atom is 0.308 e. The first-order valence-electron chi connectivity index (χ1n) is 5.73. The highest BCUT2D eigenvalue weighted by Crippen LogP contribution is 2.21. The molecule has 0 aliphatic rings. The fourth-order valence-electron chi connectivity index (χ4n) is 1.47. The standard InChI is InChI=1S/C13H18O4/c1-3-16-11-7-5-6-10(8-11)12(14)9-13(15)17-4-2/h5-8,12,14H,3-4,9H2,1-2H3. The molecule has 94 valence electrons. The fourth-order valence-corrected chi connectivity index (χ4v) is 1.47. The van der Waals surface area contributed by atoms with E-state index in [2.05, 4.69) is 0 Å². The SMILES string of the molecule is CCOC(=O)CC(O)c1cccc(OCC)c1. The van der Waals surface area contributed by atoms with E-state index < -0.39 is 12.1 Å². The van der Waals surface area contributed by atoms with Gasteiger partial charge in [0.1, 0.15) is 5.75 Å². The first-order chi connectivity index (χ1) is 8.17. The van der Waals surface area contributed by atoms with Crippen LogP contribution in [0.2, 0.25) is 0 Å². The molecule has 0 spiro atoms. The molecule has 1 rings (SSSR count). The van der Waals surface area contributed by atoms with E-state index in [1.54, 1.807) is 25.1 Å². The number of hydrogen-bond donors (Lipinski definition) is 1. The molecule has 1 aromatic carbocycles. The highest BCUT2D eigenvalue weighted by molar-refractivity contribution is 5.70. The molecular weight excluding hydrogens is 220 g/mol. The fraction of sp³-hybridized carbons (Fsp3) is 0.462. The number of aliphatic hydroxyl groups is 1. The van der Waals surface area contributed by atoms with Crippen molar-refractivity contribution >= 4 is 5.97 Å². The molecule has 0 heterocycles. The molecular formula is C13H18O4. The van der Waals surface area contributed by atoms with Crippen LogP contribution in [0.5, 0.6) is 5.75 Å². The molecule has 4 nitrogen and oxygen atoms in total. The van der Waals surface area contributed by atoms with E-state index in [4.69, 9.17) is 9.47 Å². The number of carbonyl (C=O) groups is 1. The second-order valence-corrected chi connectivity index (χ2v) is 3.53. The summed E-state index contributed by atoms with van der Waals surface area (Å²) in [4.78, 5) is 11.2. The average molecular weight is 238 g/mol. The molecule has 0 aliphatic carbocycles. The van der Waals surface area contributed by atoms with Crippen molar-refractivity contribution in [2.45, 2.75) is 26.4 Å². The van der Waals surface area contributed by atoms with Gasteiger partial charge in [0.2, 0.25) is 0 Å². The molecule has 0 bridgehead atoms. The summed E-state index contributed by atoms with van der Waals surface area (Å²) in [6.45, 7) is 4.52. The Hall–Kier alpha value is -1.55. The summed E-state index contributed by atoms with van der Waals surface area (Å²) in [5.41, 5.74) is 0.656. The zero-order valence-electron chi connectivity index (χ0n) is 10.2. The van der Waals surface area contributed by atoms with Gasteiger partial charge in [0.15, 0.2) is 0 Å². The Bertz CT molecular complexity index is 362. The molecule has 0 radical (unpaired) electrons. The van der Waals surface area contributed by atoms with Crippen molar-refractivity contribution in [3.63, 3.8) is 0 Å². The molecule has 1 atom stereocenters. The molecule has 0 saturated carbocycles. The molecule has 1 N–H and O–H groups in total. The van der Waals surface area contributed by atoms with Crippen LogP contribution in [0.4, 0.5) is 0 Å². The number of carbonyl (C=O) groups excluding carboxylic acids is 1. The number of rotatable bonds is 6. The molecule has 4 heteroatoms. The van der Waals surface area contributed by atoms with Crippen LogP contribution in [0, 0.1) is 0 Å². The zero-order valence-corrected chi connectivity index (χ0v) is 10.2. The Morgan fingerprint density at radius 2 is 2.12 bits per heavy atom. The van der Waals surface area contributed by atoms with Crippen LogP contribution in [0.15, 0.2) is 24.3 Å². The van der Waals surface area contributed by atoms with Crippen LogP contribution in [0.25, 0.3) is 0 Å². The predicted octanol–water partition coefficient (Wildman–Crippen LogP) is 2.07. The van der Waals surface area contributed by atoms with Crippen molar-refractivity contribution in [2.24, 2.45) is 0 Å². The van der Waals surface area contributed by atoms with Crippen LogP contribution in [-0.2, 0) is 9.53 Å². The zero-order chi connectivity index (χ0) is 12.7. The van der Waals surface area contributed by atoms with E-state index in [9.17, 15) is 9.90 Å². The lowest BCUT2D eigenvalue weighted by Gasteiger charge is -2.11. The summed E-state index contributed by atoms with van der Waals surface area (Å²) in [7, 11) is 0. The summed E-state index contributed by atoms with van der Waals surface area (Å²) < 4.78 is 10.1. The second kappa shape index (κ2) is 6.91. The number of aliphatic hydroxyl groups excluding tert-OH is 1. The second-order valence-electron chi connectivity index (χ2n) is 3.53. The first-order valence-corrected chi connectivity index (χ1v) is 5.73. The van der Waals surface area contributed by atoms with E-state index in [0.29, 0.717) is 24.5 Å². The molecule has 1 unspecified atom stereocenters. The van der Waals surface area contributed by atoms with Gasteiger partial charge in [-0.05, 0) is 31.5 Å². The largest absolute Gasteiger partial charge is 0.494 e. The maximum absolute atomic E-state index is 11.2. The van der Waals surface area contributed by atoms with Gasteiger partial charge in [0.25, 0.3) is 0 Å². The minimum absolute atomic E-state index is 0.0383. The van der Waals surface area contributed by atoms with Crippen LogP contribution in [-0.4, -0.2) is 24.3 Å². The summed E-state index contributed by atoms with van der Waals surface area (Å²) in [6.07, 6.45) is -0.891. The van der Waals surface area contributed by atoms with E-state index in [0.717, 1.165) is 0 Å².